The van der Waals surface area contributed by atoms with Gasteiger partial charge in [-0.05, 0) is 25.1 Å². The van der Waals surface area contributed by atoms with E-state index in [4.69, 9.17) is 0 Å². The molecule has 7 heteroatoms. The summed E-state index contributed by atoms with van der Waals surface area (Å²) >= 11 is 3.18. The minimum Gasteiger partial charge on any atom is -0.322 e. The van der Waals surface area contributed by atoms with Crippen LogP contribution < -0.4 is 10.6 Å². The number of nitrogens with one attached hydrogen (secondary N) is 2. The average molecular weight is 367 g/mol. The standard InChI is InChI=1S/C13H17BrFN3O.ClH/c1-9-7-16-4-5-18(9)8-13(19)17-12-3-2-10(14)6-11(12)15;/h2-3,6,9,16H,4-5,7-8H2,1H3,(H,17,19);1H/t9-;/m1./s1. The Hall–Kier alpha value is -0.690. The van der Waals surface area contributed by atoms with E-state index in [9.17, 15) is 9.18 Å². The van der Waals surface area contributed by atoms with Crippen LogP contribution in [-0.4, -0.2) is 43.0 Å². The third-order valence-electron chi connectivity index (χ3n) is 3.19. The highest BCUT2D eigenvalue weighted by atomic mass is 79.9. The summed E-state index contributed by atoms with van der Waals surface area (Å²) in [4.78, 5) is 14.0. The second-order valence-electron chi connectivity index (χ2n) is 4.70. The third-order valence-corrected chi connectivity index (χ3v) is 3.68. The second-order valence-corrected chi connectivity index (χ2v) is 5.61. The van der Waals surface area contributed by atoms with Gasteiger partial charge in [-0.1, -0.05) is 15.9 Å². The summed E-state index contributed by atoms with van der Waals surface area (Å²) in [5, 5.41) is 5.87. The number of halogens is 3. The molecule has 0 radical (unpaired) electrons. The zero-order valence-corrected chi connectivity index (χ0v) is 13.6. The molecule has 1 aromatic rings. The van der Waals surface area contributed by atoms with Gasteiger partial charge in [0, 0.05) is 30.1 Å². The summed E-state index contributed by atoms with van der Waals surface area (Å²) in [6.07, 6.45) is 0. The highest BCUT2D eigenvalue weighted by Gasteiger charge is 2.20. The number of carbonyl (C=O) groups excluding carboxylic acids is 1. The summed E-state index contributed by atoms with van der Waals surface area (Å²) in [5.41, 5.74) is 0.219. The lowest BCUT2D eigenvalue weighted by molar-refractivity contribution is -0.118. The van der Waals surface area contributed by atoms with Gasteiger partial charge in [0.15, 0.2) is 0 Å². The Bertz CT molecular complexity index is 475. The normalized spacial score (nSPS) is 19.2. The summed E-state index contributed by atoms with van der Waals surface area (Å²) in [6.45, 7) is 4.94. The quantitative estimate of drug-likeness (QED) is 0.862. The Morgan fingerprint density at radius 1 is 1.60 bits per heavy atom. The Morgan fingerprint density at radius 3 is 3.00 bits per heavy atom. The molecule has 1 amide bonds. The van der Waals surface area contributed by atoms with Crippen molar-refractivity contribution < 1.29 is 9.18 Å². The van der Waals surface area contributed by atoms with Crippen molar-refractivity contribution in [2.75, 3.05) is 31.5 Å². The van der Waals surface area contributed by atoms with Gasteiger partial charge in [-0.25, -0.2) is 4.39 Å². The maximum Gasteiger partial charge on any atom is 0.238 e. The van der Waals surface area contributed by atoms with Gasteiger partial charge in [0.25, 0.3) is 0 Å². The van der Waals surface area contributed by atoms with E-state index in [1.807, 2.05) is 0 Å². The van der Waals surface area contributed by atoms with Crippen LogP contribution in [0.15, 0.2) is 22.7 Å². The molecule has 0 bridgehead atoms. The summed E-state index contributed by atoms with van der Waals surface area (Å²) in [6, 6.07) is 4.91. The fraction of sp³-hybridized carbons (Fsp3) is 0.462. The summed E-state index contributed by atoms with van der Waals surface area (Å²) in [7, 11) is 0. The third kappa shape index (κ3) is 4.70. The number of anilines is 1. The molecule has 1 aliphatic rings. The number of hydrogen-bond acceptors (Lipinski definition) is 3. The molecule has 0 spiro atoms. The Kier molecular flexibility index (Phi) is 6.88. The number of rotatable bonds is 3. The maximum absolute atomic E-state index is 13.6. The molecule has 1 atom stereocenters. The van der Waals surface area contributed by atoms with Gasteiger partial charge in [-0.2, -0.15) is 0 Å². The number of hydrogen-bond donors (Lipinski definition) is 2. The first-order valence-electron chi connectivity index (χ1n) is 6.26. The van der Waals surface area contributed by atoms with E-state index >= 15 is 0 Å². The maximum atomic E-state index is 13.6. The van der Waals surface area contributed by atoms with Crippen LogP contribution in [0.5, 0.6) is 0 Å². The molecule has 0 unspecified atom stereocenters. The molecule has 20 heavy (non-hydrogen) atoms. The van der Waals surface area contributed by atoms with Crippen LogP contribution >= 0.6 is 28.3 Å². The predicted molar refractivity (Wildman–Crippen MR) is 83.9 cm³/mol. The van der Waals surface area contributed by atoms with Crippen LogP contribution in [0.4, 0.5) is 10.1 Å². The average Bonchev–Trinajstić information content (AvgIpc) is 2.36. The van der Waals surface area contributed by atoms with E-state index in [-0.39, 0.29) is 24.0 Å². The Balaban J connectivity index is 0.00000200. The van der Waals surface area contributed by atoms with Gasteiger partial charge in [0.1, 0.15) is 5.82 Å². The largest absolute Gasteiger partial charge is 0.322 e. The highest BCUT2D eigenvalue weighted by Crippen LogP contribution is 2.19. The van der Waals surface area contributed by atoms with Crippen molar-refractivity contribution in [2.24, 2.45) is 0 Å². The van der Waals surface area contributed by atoms with Crippen LogP contribution in [0.25, 0.3) is 0 Å². The van der Waals surface area contributed by atoms with Gasteiger partial charge < -0.3 is 10.6 Å². The number of benzene rings is 1. The van der Waals surface area contributed by atoms with Crippen LogP contribution in [0, 0.1) is 5.82 Å². The van der Waals surface area contributed by atoms with Crippen molar-refractivity contribution in [1.29, 1.82) is 0 Å². The molecule has 1 aromatic carbocycles. The number of nitrogens with zero attached hydrogens (tertiary/aromatic N) is 1. The van der Waals surface area contributed by atoms with Crippen molar-refractivity contribution in [3.05, 3.63) is 28.5 Å². The molecule has 2 rings (SSSR count). The molecule has 0 aromatic heterocycles. The number of amides is 1. The van der Waals surface area contributed by atoms with E-state index in [0.29, 0.717) is 17.1 Å². The van der Waals surface area contributed by atoms with Crippen molar-refractivity contribution in [1.82, 2.24) is 10.2 Å². The molecular weight excluding hydrogens is 349 g/mol. The summed E-state index contributed by atoms with van der Waals surface area (Å²) < 4.78 is 14.2. The number of carbonyl (C=O) groups is 1. The zero-order chi connectivity index (χ0) is 13.8. The lowest BCUT2D eigenvalue weighted by atomic mass is 10.2. The van der Waals surface area contributed by atoms with Crippen LogP contribution in [-0.2, 0) is 4.79 Å². The van der Waals surface area contributed by atoms with Crippen LogP contribution in [0.2, 0.25) is 0 Å². The van der Waals surface area contributed by atoms with Gasteiger partial charge >= 0.3 is 0 Å². The highest BCUT2D eigenvalue weighted by molar-refractivity contribution is 9.10. The monoisotopic (exact) mass is 365 g/mol. The molecule has 1 fully saturated rings. The smallest absolute Gasteiger partial charge is 0.238 e. The topological polar surface area (TPSA) is 44.4 Å². The lowest BCUT2D eigenvalue weighted by Crippen LogP contribution is -2.52. The van der Waals surface area contributed by atoms with Crippen molar-refractivity contribution >= 4 is 39.9 Å². The fourth-order valence-corrected chi connectivity index (χ4v) is 2.42. The van der Waals surface area contributed by atoms with E-state index in [2.05, 4.69) is 38.4 Å². The lowest BCUT2D eigenvalue weighted by Gasteiger charge is -2.33. The second kappa shape index (κ2) is 7.93. The van der Waals surface area contributed by atoms with E-state index in [1.165, 1.54) is 6.07 Å². The summed E-state index contributed by atoms with van der Waals surface area (Å²) in [5.74, 6) is -0.619. The molecule has 1 saturated heterocycles. The Labute approximate surface area is 132 Å². The molecule has 4 nitrogen and oxygen atoms in total. The Morgan fingerprint density at radius 2 is 2.35 bits per heavy atom. The van der Waals surface area contributed by atoms with Crippen LogP contribution in [0.3, 0.4) is 0 Å². The molecule has 1 heterocycles. The zero-order valence-electron chi connectivity index (χ0n) is 11.2. The number of piperazine rings is 1. The van der Waals surface area contributed by atoms with E-state index in [0.717, 1.165) is 19.6 Å². The first-order chi connectivity index (χ1) is 9.06. The minimum absolute atomic E-state index is 0. The van der Waals surface area contributed by atoms with Gasteiger partial charge in [-0.3, -0.25) is 9.69 Å². The molecule has 1 aliphatic heterocycles. The van der Waals surface area contributed by atoms with Gasteiger partial charge in [0.2, 0.25) is 5.91 Å². The first-order valence-corrected chi connectivity index (χ1v) is 7.05. The SMILES string of the molecule is C[C@@H]1CNCCN1CC(=O)Nc1ccc(Br)cc1F.Cl. The molecule has 2 N–H and O–H groups in total. The van der Waals surface area contributed by atoms with E-state index in [1.54, 1.807) is 12.1 Å². The van der Waals surface area contributed by atoms with Gasteiger partial charge in [0.05, 0.1) is 12.2 Å². The van der Waals surface area contributed by atoms with E-state index < -0.39 is 5.82 Å². The van der Waals surface area contributed by atoms with Crippen molar-refractivity contribution in [3.63, 3.8) is 0 Å². The van der Waals surface area contributed by atoms with Crippen LogP contribution in [0.1, 0.15) is 6.92 Å². The minimum atomic E-state index is -0.434. The predicted octanol–water partition coefficient (Wildman–Crippen LogP) is 2.24. The fourth-order valence-electron chi connectivity index (χ4n) is 2.08. The molecule has 0 aliphatic carbocycles. The molecule has 112 valence electrons. The van der Waals surface area contributed by atoms with Crippen molar-refractivity contribution in [2.45, 2.75) is 13.0 Å². The van der Waals surface area contributed by atoms with Crippen molar-refractivity contribution in [3.8, 4) is 0 Å². The molecule has 0 saturated carbocycles. The molecular formula is C13H18BrClFN3O. The van der Waals surface area contributed by atoms with Gasteiger partial charge in [-0.15, -0.1) is 12.4 Å². The first kappa shape index (κ1) is 17.4.